The van der Waals surface area contributed by atoms with Crippen molar-refractivity contribution in [2.24, 2.45) is 0 Å². The first-order valence-electron chi connectivity index (χ1n) is 10.8. The maximum atomic E-state index is 13.1. The number of nitrogens with one attached hydrogen (secondary N) is 1. The van der Waals surface area contributed by atoms with Crippen LogP contribution in [0.5, 0.6) is 0 Å². The molecular formula is C26H26N4O2S. The van der Waals surface area contributed by atoms with E-state index in [0.29, 0.717) is 23.3 Å². The summed E-state index contributed by atoms with van der Waals surface area (Å²) >= 11 is -1.29. The first-order chi connectivity index (χ1) is 15.8. The van der Waals surface area contributed by atoms with Crippen molar-refractivity contribution in [2.45, 2.75) is 44.9 Å². The van der Waals surface area contributed by atoms with Crippen LogP contribution in [-0.4, -0.2) is 19.4 Å². The summed E-state index contributed by atoms with van der Waals surface area (Å²) in [6.07, 6.45) is 0.564. The number of aryl methyl sites for hydroxylation is 1. The van der Waals surface area contributed by atoms with Crippen molar-refractivity contribution in [2.75, 3.05) is 0 Å². The molecule has 168 valence electrons. The predicted octanol–water partition coefficient (Wildman–Crippen LogP) is 5.41. The number of nitriles is 1. The number of pyridine rings is 1. The van der Waals surface area contributed by atoms with Crippen LogP contribution in [0.15, 0.2) is 65.2 Å². The minimum absolute atomic E-state index is 0.263. The van der Waals surface area contributed by atoms with Crippen LogP contribution in [0.4, 0.5) is 0 Å². The quantitative estimate of drug-likeness (QED) is 0.388. The van der Waals surface area contributed by atoms with Crippen molar-refractivity contribution in [3.05, 3.63) is 83.2 Å². The number of hydrogen-bond donors (Lipinski definition) is 1. The van der Waals surface area contributed by atoms with Crippen LogP contribution in [0.1, 0.15) is 49.3 Å². The average Bonchev–Trinajstić information content (AvgIpc) is 3.21. The van der Waals surface area contributed by atoms with Gasteiger partial charge in [0.2, 0.25) is 0 Å². The van der Waals surface area contributed by atoms with E-state index in [1.165, 1.54) is 0 Å². The fraction of sp³-hybridized carbons (Fsp3) is 0.269. The van der Waals surface area contributed by atoms with Crippen LogP contribution >= 0.6 is 0 Å². The van der Waals surface area contributed by atoms with Gasteiger partial charge in [-0.2, -0.15) is 5.26 Å². The lowest BCUT2D eigenvalue weighted by Crippen LogP contribution is -2.42. The molecular weight excluding hydrogens is 432 g/mol. The summed E-state index contributed by atoms with van der Waals surface area (Å²) in [5.74, 6) is 0. The topological polar surface area (TPSA) is 97.8 Å². The third kappa shape index (κ3) is 5.09. The van der Waals surface area contributed by atoms with Crippen LogP contribution in [-0.2, 0) is 17.8 Å². The first-order valence-corrected chi connectivity index (χ1v) is 11.9. The van der Waals surface area contributed by atoms with Gasteiger partial charge in [0.25, 0.3) is 0 Å². The largest absolute Gasteiger partial charge is 0.598 e. The monoisotopic (exact) mass is 458 g/mol. The summed E-state index contributed by atoms with van der Waals surface area (Å²) in [5.41, 5.74) is 5.46. The molecule has 2 unspecified atom stereocenters. The van der Waals surface area contributed by atoms with Gasteiger partial charge in [0.05, 0.1) is 17.7 Å². The number of fused-ring (bicyclic) bond motifs is 1. The summed E-state index contributed by atoms with van der Waals surface area (Å²) in [4.78, 5) is 4.67. The Labute approximate surface area is 197 Å². The van der Waals surface area contributed by atoms with E-state index in [0.717, 1.165) is 27.9 Å². The standard InChI is InChI=1S/C26H26N4O2S/c1-17-8-7-9-19(28-17)15-23(30-33(31)26(2,3)4)20-10-5-6-11-21(20)25-22-13-12-18(16-27)14-24(22)32-29-25/h5-14,23,30H,15H2,1-4H3. The van der Waals surface area contributed by atoms with Crippen LogP contribution in [0.3, 0.4) is 0 Å². The van der Waals surface area contributed by atoms with Crippen LogP contribution < -0.4 is 4.72 Å². The van der Waals surface area contributed by atoms with E-state index in [-0.39, 0.29) is 6.04 Å². The lowest BCUT2D eigenvalue weighted by Gasteiger charge is -2.29. The van der Waals surface area contributed by atoms with Gasteiger partial charge in [-0.3, -0.25) is 4.98 Å². The molecule has 0 fully saturated rings. The second kappa shape index (κ2) is 9.36. The number of nitrogens with zero attached hydrogens (tertiary/aromatic N) is 3. The Morgan fingerprint density at radius 3 is 2.64 bits per heavy atom. The first kappa shape index (κ1) is 23.0. The van der Waals surface area contributed by atoms with E-state index in [1.807, 2.05) is 76.2 Å². The molecule has 33 heavy (non-hydrogen) atoms. The molecule has 0 saturated carbocycles. The van der Waals surface area contributed by atoms with Gasteiger partial charge in [-0.1, -0.05) is 35.5 Å². The van der Waals surface area contributed by atoms with E-state index >= 15 is 0 Å². The molecule has 0 aliphatic rings. The maximum absolute atomic E-state index is 13.1. The van der Waals surface area contributed by atoms with Gasteiger partial charge in [-0.05, 0) is 57.5 Å². The van der Waals surface area contributed by atoms with Gasteiger partial charge in [0.1, 0.15) is 10.4 Å². The van der Waals surface area contributed by atoms with Crippen molar-refractivity contribution in [3.8, 4) is 17.3 Å². The molecule has 4 aromatic rings. The zero-order chi connectivity index (χ0) is 23.6. The Hall–Kier alpha value is -3.18. The zero-order valence-corrected chi connectivity index (χ0v) is 19.9. The Kier molecular flexibility index (Phi) is 6.52. The van der Waals surface area contributed by atoms with Crippen molar-refractivity contribution in [1.29, 1.82) is 5.26 Å². The van der Waals surface area contributed by atoms with Crippen LogP contribution in [0.2, 0.25) is 0 Å². The molecule has 0 radical (unpaired) electrons. The number of hydrogen-bond acceptors (Lipinski definition) is 6. The van der Waals surface area contributed by atoms with Crippen molar-refractivity contribution in [3.63, 3.8) is 0 Å². The summed E-state index contributed by atoms with van der Waals surface area (Å²) in [7, 11) is 0. The van der Waals surface area contributed by atoms with E-state index in [4.69, 9.17) is 4.52 Å². The summed E-state index contributed by atoms with van der Waals surface area (Å²) in [6, 6.07) is 21.0. The molecule has 0 saturated heterocycles. The Morgan fingerprint density at radius 1 is 1.12 bits per heavy atom. The van der Waals surface area contributed by atoms with Gasteiger partial charge in [-0.15, -0.1) is 4.72 Å². The highest BCUT2D eigenvalue weighted by Gasteiger charge is 2.31. The molecule has 2 aromatic carbocycles. The van der Waals surface area contributed by atoms with E-state index in [1.54, 1.807) is 12.1 Å². The fourth-order valence-electron chi connectivity index (χ4n) is 3.66. The molecule has 2 aromatic heterocycles. The van der Waals surface area contributed by atoms with E-state index < -0.39 is 16.1 Å². The number of aromatic nitrogens is 2. The molecule has 2 heterocycles. The molecule has 6 nitrogen and oxygen atoms in total. The highest BCUT2D eigenvalue weighted by molar-refractivity contribution is 7.90. The minimum atomic E-state index is -1.29. The highest BCUT2D eigenvalue weighted by Crippen LogP contribution is 2.35. The summed E-state index contributed by atoms with van der Waals surface area (Å²) < 4.78 is 21.6. The fourth-order valence-corrected chi connectivity index (χ4v) is 4.48. The van der Waals surface area contributed by atoms with Crippen LogP contribution in [0, 0.1) is 18.3 Å². The normalized spacial score (nSPS) is 13.6. The molecule has 0 spiro atoms. The molecule has 0 bridgehead atoms. The van der Waals surface area contributed by atoms with Gasteiger partial charge in [-0.25, -0.2) is 0 Å². The van der Waals surface area contributed by atoms with E-state index in [2.05, 4.69) is 20.9 Å². The third-order valence-electron chi connectivity index (χ3n) is 5.36. The lowest BCUT2D eigenvalue weighted by atomic mass is 9.94. The second-order valence-electron chi connectivity index (χ2n) is 8.97. The van der Waals surface area contributed by atoms with E-state index in [9.17, 15) is 9.81 Å². The molecule has 2 atom stereocenters. The molecule has 0 amide bonds. The maximum Gasteiger partial charge on any atom is 0.168 e. The van der Waals surface area contributed by atoms with Gasteiger partial charge in [0, 0.05) is 46.2 Å². The molecule has 4 rings (SSSR count). The molecule has 0 aliphatic heterocycles. The summed E-state index contributed by atoms with van der Waals surface area (Å²) in [5, 5.41) is 14.3. The Bertz CT molecular complexity index is 1320. The Morgan fingerprint density at radius 2 is 1.91 bits per heavy atom. The average molecular weight is 459 g/mol. The van der Waals surface area contributed by atoms with Crippen molar-refractivity contribution in [1.82, 2.24) is 14.9 Å². The third-order valence-corrected chi connectivity index (χ3v) is 6.97. The summed E-state index contributed by atoms with van der Waals surface area (Å²) in [6.45, 7) is 7.80. The van der Waals surface area contributed by atoms with Gasteiger partial charge < -0.3 is 9.08 Å². The number of benzene rings is 2. The van der Waals surface area contributed by atoms with Crippen molar-refractivity contribution >= 4 is 22.3 Å². The predicted molar refractivity (Wildman–Crippen MR) is 131 cm³/mol. The number of rotatable bonds is 6. The minimum Gasteiger partial charge on any atom is -0.598 e. The van der Waals surface area contributed by atoms with Gasteiger partial charge in [0.15, 0.2) is 5.58 Å². The van der Waals surface area contributed by atoms with Gasteiger partial charge >= 0.3 is 0 Å². The zero-order valence-electron chi connectivity index (χ0n) is 19.1. The highest BCUT2D eigenvalue weighted by atomic mass is 32.2. The lowest BCUT2D eigenvalue weighted by molar-refractivity contribution is 0.459. The molecule has 1 N–H and O–H groups in total. The van der Waals surface area contributed by atoms with Crippen LogP contribution in [0.25, 0.3) is 22.2 Å². The van der Waals surface area contributed by atoms with Crippen molar-refractivity contribution < 1.29 is 9.08 Å². The Balaban J connectivity index is 1.80. The second-order valence-corrected chi connectivity index (χ2v) is 11.0. The SMILES string of the molecule is Cc1cccc(CC(N[S+]([O-])C(C)(C)C)c2ccccc2-c2noc3cc(C#N)ccc23)n1. The smallest absolute Gasteiger partial charge is 0.168 e. The molecule has 0 aliphatic carbocycles. The molecule has 7 heteroatoms.